The Balaban J connectivity index is 2.33. The largest absolute Gasteiger partial charge is 0.480 e. The van der Waals surface area contributed by atoms with Crippen molar-refractivity contribution in [3.8, 4) is 0 Å². The number of carbonyl (C=O) groups is 2. The molecule has 2 unspecified atom stereocenters. The summed E-state index contributed by atoms with van der Waals surface area (Å²) in [5.41, 5.74) is -0.298. The van der Waals surface area contributed by atoms with Gasteiger partial charge in [0.15, 0.2) is 0 Å². The van der Waals surface area contributed by atoms with Crippen LogP contribution in [0.3, 0.4) is 0 Å². The van der Waals surface area contributed by atoms with E-state index in [-0.39, 0.29) is 23.6 Å². The standard InChI is InChI=1S/C12H11ClFNO4/c13-6-1-2-9(14)8(3-6)11(17)15-5-7(16)4-10(15)12(18)19/h1-3,7,10,16H,4-5H2,(H,18,19). The summed E-state index contributed by atoms with van der Waals surface area (Å²) in [5, 5.41) is 18.6. The number of amides is 1. The minimum Gasteiger partial charge on any atom is -0.480 e. The maximum Gasteiger partial charge on any atom is 0.326 e. The number of aliphatic carboxylic acids is 1. The van der Waals surface area contributed by atoms with Crippen molar-refractivity contribution in [1.29, 1.82) is 0 Å². The highest BCUT2D eigenvalue weighted by Gasteiger charge is 2.39. The van der Waals surface area contributed by atoms with Gasteiger partial charge in [0.1, 0.15) is 11.9 Å². The highest BCUT2D eigenvalue weighted by molar-refractivity contribution is 6.31. The SMILES string of the molecule is O=C(O)C1CC(O)CN1C(=O)c1cc(Cl)ccc1F. The van der Waals surface area contributed by atoms with Crippen LogP contribution < -0.4 is 0 Å². The molecule has 1 aromatic rings. The van der Waals surface area contributed by atoms with Crippen molar-refractivity contribution in [2.45, 2.75) is 18.6 Å². The van der Waals surface area contributed by atoms with Crippen molar-refractivity contribution in [2.75, 3.05) is 6.54 Å². The quantitative estimate of drug-likeness (QED) is 0.855. The van der Waals surface area contributed by atoms with Gasteiger partial charge in [0, 0.05) is 18.0 Å². The van der Waals surface area contributed by atoms with E-state index in [0.29, 0.717) is 0 Å². The summed E-state index contributed by atoms with van der Waals surface area (Å²) in [4.78, 5) is 24.1. The van der Waals surface area contributed by atoms with E-state index in [0.717, 1.165) is 17.0 Å². The van der Waals surface area contributed by atoms with E-state index < -0.39 is 29.8 Å². The number of carbonyl (C=O) groups excluding carboxylic acids is 1. The molecule has 0 aliphatic carbocycles. The predicted molar refractivity (Wildman–Crippen MR) is 64.5 cm³/mol. The Labute approximate surface area is 113 Å². The second-order valence-corrected chi connectivity index (χ2v) is 4.76. The first-order valence-corrected chi connectivity index (χ1v) is 5.95. The number of aliphatic hydroxyl groups is 1. The maximum absolute atomic E-state index is 13.6. The molecule has 1 aliphatic rings. The van der Waals surface area contributed by atoms with Crippen molar-refractivity contribution >= 4 is 23.5 Å². The number of benzene rings is 1. The number of carboxylic acids is 1. The molecule has 7 heteroatoms. The van der Waals surface area contributed by atoms with E-state index in [2.05, 4.69) is 0 Å². The third-order valence-corrected chi connectivity index (χ3v) is 3.22. The van der Waals surface area contributed by atoms with Crippen molar-refractivity contribution in [3.63, 3.8) is 0 Å². The Kier molecular flexibility index (Phi) is 3.73. The molecule has 0 spiro atoms. The number of carboxylic acid groups (broad SMARTS) is 1. The van der Waals surface area contributed by atoms with Crippen molar-refractivity contribution in [1.82, 2.24) is 4.90 Å². The van der Waals surface area contributed by atoms with Crippen LogP contribution in [0.15, 0.2) is 18.2 Å². The Morgan fingerprint density at radius 3 is 2.74 bits per heavy atom. The van der Waals surface area contributed by atoms with Gasteiger partial charge in [-0.1, -0.05) is 11.6 Å². The fraction of sp³-hybridized carbons (Fsp3) is 0.333. The Morgan fingerprint density at radius 2 is 2.11 bits per heavy atom. The summed E-state index contributed by atoms with van der Waals surface area (Å²) in [5.74, 6) is -2.80. The summed E-state index contributed by atoms with van der Waals surface area (Å²) in [6.07, 6.45) is -0.990. The molecule has 2 rings (SSSR count). The Hall–Kier alpha value is -1.66. The highest BCUT2D eigenvalue weighted by atomic mass is 35.5. The van der Waals surface area contributed by atoms with Gasteiger partial charge in [-0.05, 0) is 18.2 Å². The Bertz CT molecular complexity index is 536. The molecule has 1 amide bonds. The smallest absolute Gasteiger partial charge is 0.326 e. The van der Waals surface area contributed by atoms with E-state index in [9.17, 15) is 19.1 Å². The molecule has 102 valence electrons. The van der Waals surface area contributed by atoms with Crippen LogP contribution in [0.1, 0.15) is 16.8 Å². The van der Waals surface area contributed by atoms with Gasteiger partial charge >= 0.3 is 5.97 Å². The van der Waals surface area contributed by atoms with Gasteiger partial charge in [-0.3, -0.25) is 4.79 Å². The maximum atomic E-state index is 13.6. The van der Waals surface area contributed by atoms with Gasteiger partial charge in [-0.15, -0.1) is 0 Å². The number of likely N-dealkylation sites (tertiary alicyclic amines) is 1. The summed E-state index contributed by atoms with van der Waals surface area (Å²) in [6, 6.07) is 2.32. The topological polar surface area (TPSA) is 77.8 Å². The lowest BCUT2D eigenvalue weighted by Crippen LogP contribution is -2.40. The normalized spacial score (nSPS) is 22.6. The Morgan fingerprint density at radius 1 is 1.42 bits per heavy atom. The molecule has 1 aliphatic heterocycles. The molecule has 19 heavy (non-hydrogen) atoms. The minimum atomic E-state index is -1.23. The zero-order chi connectivity index (χ0) is 14.2. The molecule has 1 fully saturated rings. The predicted octanol–water partition coefficient (Wildman–Crippen LogP) is 1.14. The monoisotopic (exact) mass is 287 g/mol. The van der Waals surface area contributed by atoms with Crippen LogP contribution in [0.5, 0.6) is 0 Å². The number of nitrogens with zero attached hydrogens (tertiary/aromatic N) is 1. The van der Waals surface area contributed by atoms with Crippen molar-refractivity contribution in [3.05, 3.63) is 34.6 Å². The molecule has 0 bridgehead atoms. The van der Waals surface area contributed by atoms with Crippen molar-refractivity contribution < 1.29 is 24.2 Å². The summed E-state index contributed by atoms with van der Waals surface area (Å²) in [7, 11) is 0. The van der Waals surface area contributed by atoms with Crippen LogP contribution in [0, 0.1) is 5.82 Å². The number of halogens is 2. The molecular formula is C12H11ClFNO4. The number of β-amino-alcohol motifs (C(OH)–C–C–N with tert-alkyl or cyclic N) is 1. The van der Waals surface area contributed by atoms with Gasteiger partial charge in [0.05, 0.1) is 11.7 Å². The third kappa shape index (κ3) is 2.69. The molecule has 0 saturated carbocycles. The number of hydrogen-bond donors (Lipinski definition) is 2. The molecule has 1 aromatic carbocycles. The first-order valence-electron chi connectivity index (χ1n) is 5.57. The van der Waals surface area contributed by atoms with Gasteiger partial charge < -0.3 is 15.1 Å². The van der Waals surface area contributed by atoms with E-state index in [1.54, 1.807) is 0 Å². The third-order valence-electron chi connectivity index (χ3n) is 2.98. The lowest BCUT2D eigenvalue weighted by molar-refractivity contribution is -0.141. The zero-order valence-corrected chi connectivity index (χ0v) is 10.5. The van der Waals surface area contributed by atoms with E-state index in [1.165, 1.54) is 6.07 Å². The number of rotatable bonds is 2. The second kappa shape index (κ2) is 5.14. The van der Waals surface area contributed by atoms with Gasteiger partial charge in [0.2, 0.25) is 0 Å². The van der Waals surface area contributed by atoms with Crippen molar-refractivity contribution in [2.24, 2.45) is 0 Å². The average Bonchev–Trinajstić information content (AvgIpc) is 2.74. The number of aliphatic hydroxyl groups excluding tert-OH is 1. The van der Waals surface area contributed by atoms with Gasteiger partial charge in [0.25, 0.3) is 5.91 Å². The van der Waals surface area contributed by atoms with Crippen LogP contribution in [-0.2, 0) is 4.79 Å². The highest BCUT2D eigenvalue weighted by Crippen LogP contribution is 2.23. The fourth-order valence-corrected chi connectivity index (χ4v) is 2.26. The molecular weight excluding hydrogens is 277 g/mol. The molecule has 2 atom stereocenters. The molecule has 2 N–H and O–H groups in total. The average molecular weight is 288 g/mol. The van der Waals surface area contributed by atoms with E-state index in [4.69, 9.17) is 16.7 Å². The van der Waals surface area contributed by atoms with Crippen LogP contribution >= 0.6 is 11.6 Å². The van der Waals surface area contributed by atoms with Crippen LogP contribution in [0.25, 0.3) is 0 Å². The fourth-order valence-electron chi connectivity index (χ4n) is 2.09. The molecule has 5 nitrogen and oxygen atoms in total. The van der Waals surface area contributed by atoms with Gasteiger partial charge in [-0.25, -0.2) is 9.18 Å². The van der Waals surface area contributed by atoms with E-state index >= 15 is 0 Å². The first-order chi connectivity index (χ1) is 8.90. The van der Waals surface area contributed by atoms with Crippen LogP contribution in [0.2, 0.25) is 5.02 Å². The lowest BCUT2D eigenvalue weighted by atomic mass is 10.1. The van der Waals surface area contributed by atoms with Crippen LogP contribution in [0.4, 0.5) is 4.39 Å². The molecule has 1 heterocycles. The molecule has 0 radical (unpaired) electrons. The summed E-state index contributed by atoms with van der Waals surface area (Å²) >= 11 is 5.69. The van der Waals surface area contributed by atoms with E-state index in [1.807, 2.05) is 0 Å². The lowest BCUT2D eigenvalue weighted by Gasteiger charge is -2.21. The second-order valence-electron chi connectivity index (χ2n) is 4.33. The molecule has 0 aromatic heterocycles. The summed E-state index contributed by atoms with van der Waals surface area (Å²) < 4.78 is 13.6. The minimum absolute atomic E-state index is 0.0662. The first kappa shape index (κ1) is 13.8. The van der Waals surface area contributed by atoms with Gasteiger partial charge in [-0.2, -0.15) is 0 Å². The molecule has 1 saturated heterocycles. The zero-order valence-electron chi connectivity index (χ0n) is 9.72. The number of hydrogen-bond acceptors (Lipinski definition) is 3. The van der Waals surface area contributed by atoms with Crippen LogP contribution in [-0.4, -0.2) is 45.7 Å². The summed E-state index contributed by atoms with van der Waals surface area (Å²) in [6.45, 7) is -0.137.